The number of rotatable bonds is 6. The van der Waals surface area contributed by atoms with Gasteiger partial charge < -0.3 is 18.9 Å². The van der Waals surface area contributed by atoms with Crippen LogP contribution in [0.4, 0.5) is 62.3 Å². The van der Waals surface area contributed by atoms with E-state index in [1.54, 1.807) is 0 Å². The molecule has 260 valence electrons. The van der Waals surface area contributed by atoms with Gasteiger partial charge in [-0.15, -0.1) is 0 Å². The van der Waals surface area contributed by atoms with E-state index < -0.39 is 102 Å². The van der Waals surface area contributed by atoms with Gasteiger partial charge in [0.1, 0.15) is 11.2 Å². The van der Waals surface area contributed by atoms with Crippen LogP contribution < -0.4 is 0 Å². The summed E-state index contributed by atoms with van der Waals surface area (Å²) in [6.07, 6.45) is -36.2. The standard InChI is InChI=1S/C26H36F12O6/c1-9-13(2)14-10-15(21(23(27,28)29,24(30,31)32)43-17(39)41-19(3,4)5)12-16(11-14)22(25(33,34)35,26(36,37)38)44-18(40)42-20(6,7)8/h13-16H,9-12H2,1-8H3. The summed E-state index contributed by atoms with van der Waals surface area (Å²) >= 11 is 0. The summed E-state index contributed by atoms with van der Waals surface area (Å²) in [6.45, 7) is 8.91. The van der Waals surface area contributed by atoms with Crippen molar-refractivity contribution in [2.24, 2.45) is 23.7 Å². The molecule has 3 unspecified atom stereocenters. The summed E-state index contributed by atoms with van der Waals surface area (Å²) in [6, 6.07) is 0. The van der Waals surface area contributed by atoms with E-state index in [2.05, 4.69) is 18.9 Å². The fourth-order valence-electron chi connectivity index (χ4n) is 5.27. The molecule has 1 fully saturated rings. The van der Waals surface area contributed by atoms with E-state index in [0.29, 0.717) is 0 Å². The minimum absolute atomic E-state index is 0.0833. The highest BCUT2D eigenvalue weighted by atomic mass is 19.4. The van der Waals surface area contributed by atoms with Crippen molar-refractivity contribution in [3.63, 3.8) is 0 Å². The Morgan fingerprint density at radius 1 is 0.568 bits per heavy atom. The normalized spacial score (nSPS) is 22.2. The first-order chi connectivity index (χ1) is 19.3. The van der Waals surface area contributed by atoms with Crippen LogP contribution in [-0.2, 0) is 18.9 Å². The van der Waals surface area contributed by atoms with Gasteiger partial charge in [0, 0.05) is 11.8 Å². The first-order valence-corrected chi connectivity index (χ1v) is 13.4. The predicted octanol–water partition coefficient (Wildman–Crippen LogP) is 9.70. The van der Waals surface area contributed by atoms with Crippen LogP contribution in [0.1, 0.15) is 81.1 Å². The monoisotopic (exact) mass is 672 g/mol. The minimum atomic E-state index is -6.61. The number of hydrogen-bond donors (Lipinski definition) is 0. The average Bonchev–Trinajstić information content (AvgIpc) is 2.74. The third kappa shape index (κ3) is 8.49. The number of ether oxygens (including phenoxy) is 4. The molecular formula is C26H36F12O6. The lowest BCUT2D eigenvalue weighted by molar-refractivity contribution is -0.405. The van der Waals surface area contributed by atoms with Crippen LogP contribution in [0.25, 0.3) is 0 Å². The van der Waals surface area contributed by atoms with E-state index in [0.717, 1.165) is 41.5 Å². The van der Waals surface area contributed by atoms with Gasteiger partial charge in [0.2, 0.25) is 0 Å². The Balaban J connectivity index is 4.10. The lowest BCUT2D eigenvalue weighted by atomic mass is 9.60. The van der Waals surface area contributed by atoms with Crippen molar-refractivity contribution in [3.05, 3.63) is 0 Å². The molecule has 1 aliphatic carbocycles. The van der Waals surface area contributed by atoms with Crippen molar-refractivity contribution in [1.29, 1.82) is 0 Å². The fraction of sp³-hybridized carbons (Fsp3) is 0.923. The molecule has 0 aromatic rings. The van der Waals surface area contributed by atoms with Gasteiger partial charge in [0.15, 0.2) is 0 Å². The molecule has 1 rings (SSSR count). The van der Waals surface area contributed by atoms with Crippen molar-refractivity contribution >= 4 is 12.3 Å². The second kappa shape index (κ2) is 12.5. The Kier molecular flexibility index (Phi) is 11.3. The first-order valence-electron chi connectivity index (χ1n) is 13.4. The fourth-order valence-corrected chi connectivity index (χ4v) is 5.27. The van der Waals surface area contributed by atoms with Gasteiger partial charge >= 0.3 is 48.2 Å². The Morgan fingerprint density at radius 3 is 1.05 bits per heavy atom. The molecule has 0 radical (unpaired) electrons. The van der Waals surface area contributed by atoms with E-state index >= 15 is 0 Å². The van der Waals surface area contributed by atoms with Gasteiger partial charge in [-0.05, 0) is 72.6 Å². The van der Waals surface area contributed by atoms with Crippen LogP contribution in [0, 0.1) is 23.7 Å². The number of carbonyl (C=O) groups is 2. The average molecular weight is 673 g/mol. The van der Waals surface area contributed by atoms with Crippen LogP contribution in [0.3, 0.4) is 0 Å². The quantitative estimate of drug-likeness (QED) is 0.207. The second-order valence-corrected chi connectivity index (χ2v) is 12.8. The van der Waals surface area contributed by atoms with Gasteiger partial charge in [-0.1, -0.05) is 20.3 Å². The molecule has 0 N–H and O–H groups in total. The molecule has 1 aliphatic rings. The minimum Gasteiger partial charge on any atom is -0.429 e. The van der Waals surface area contributed by atoms with Gasteiger partial charge in [-0.3, -0.25) is 0 Å². The number of hydrogen-bond acceptors (Lipinski definition) is 6. The molecule has 1 saturated carbocycles. The molecule has 0 saturated heterocycles. The maximum atomic E-state index is 14.5. The van der Waals surface area contributed by atoms with E-state index in [4.69, 9.17) is 0 Å². The number of alkyl halides is 12. The Hall–Kier alpha value is -2.30. The molecule has 0 bridgehead atoms. The molecule has 0 aliphatic heterocycles. The van der Waals surface area contributed by atoms with Crippen molar-refractivity contribution in [2.45, 2.75) is 128 Å². The summed E-state index contributed by atoms with van der Waals surface area (Å²) < 4.78 is 191. The Bertz CT molecular complexity index is 900. The smallest absolute Gasteiger partial charge is 0.429 e. The zero-order chi connectivity index (χ0) is 35.1. The van der Waals surface area contributed by atoms with E-state index in [1.165, 1.54) is 13.8 Å². The predicted molar refractivity (Wildman–Crippen MR) is 128 cm³/mol. The zero-order valence-electron chi connectivity index (χ0n) is 25.1. The molecule has 6 nitrogen and oxygen atoms in total. The first kappa shape index (κ1) is 39.7. The van der Waals surface area contributed by atoms with E-state index in [-0.39, 0.29) is 6.42 Å². The van der Waals surface area contributed by atoms with Crippen molar-refractivity contribution in [1.82, 2.24) is 0 Å². The van der Waals surface area contributed by atoms with Crippen LogP contribution >= 0.6 is 0 Å². The lowest BCUT2D eigenvalue weighted by Crippen LogP contribution is -2.69. The van der Waals surface area contributed by atoms with Crippen LogP contribution in [0.15, 0.2) is 0 Å². The topological polar surface area (TPSA) is 71.1 Å². The molecule has 0 amide bonds. The molecule has 0 aromatic carbocycles. The molecule has 0 spiro atoms. The SMILES string of the molecule is CCC(C)C1CC(C(OC(=O)OC(C)(C)C)(C(F)(F)F)C(F)(F)F)CC(C(OC(=O)OC(C)(C)C)(C(F)(F)F)C(F)(F)F)C1. The third-order valence-electron chi connectivity index (χ3n) is 7.29. The van der Waals surface area contributed by atoms with Gasteiger partial charge in [0.05, 0.1) is 0 Å². The summed E-state index contributed by atoms with van der Waals surface area (Å²) in [5.41, 5.74) is -14.6. The molecule has 0 heterocycles. The summed E-state index contributed by atoms with van der Waals surface area (Å²) in [5.74, 6) is -9.21. The highest BCUT2D eigenvalue weighted by Crippen LogP contribution is 2.61. The van der Waals surface area contributed by atoms with Crippen molar-refractivity contribution < 1.29 is 81.2 Å². The Morgan fingerprint density at radius 2 is 0.841 bits per heavy atom. The maximum absolute atomic E-state index is 14.5. The highest BCUT2D eigenvalue weighted by molar-refractivity contribution is 5.62. The van der Waals surface area contributed by atoms with Gasteiger partial charge in [0.25, 0.3) is 0 Å². The molecule has 0 aromatic heterocycles. The number of carbonyl (C=O) groups excluding carboxylic acids is 2. The molecule has 18 heteroatoms. The Labute approximate surface area is 246 Å². The van der Waals surface area contributed by atoms with Crippen molar-refractivity contribution in [2.75, 3.05) is 0 Å². The van der Waals surface area contributed by atoms with Gasteiger partial charge in [-0.2, -0.15) is 52.7 Å². The molecular weight excluding hydrogens is 636 g/mol. The van der Waals surface area contributed by atoms with Crippen LogP contribution in [0.5, 0.6) is 0 Å². The van der Waals surface area contributed by atoms with E-state index in [1.807, 2.05) is 0 Å². The van der Waals surface area contributed by atoms with Crippen molar-refractivity contribution in [3.8, 4) is 0 Å². The third-order valence-corrected chi connectivity index (χ3v) is 7.29. The zero-order valence-corrected chi connectivity index (χ0v) is 25.1. The highest BCUT2D eigenvalue weighted by Gasteiger charge is 2.82. The largest absolute Gasteiger partial charge is 0.510 e. The lowest BCUT2D eigenvalue weighted by Gasteiger charge is -2.51. The van der Waals surface area contributed by atoms with Crippen LogP contribution in [0.2, 0.25) is 0 Å². The van der Waals surface area contributed by atoms with Crippen LogP contribution in [-0.4, -0.2) is 59.4 Å². The second-order valence-electron chi connectivity index (χ2n) is 12.8. The summed E-state index contributed by atoms with van der Waals surface area (Å²) in [4.78, 5) is 24.5. The molecule has 44 heavy (non-hydrogen) atoms. The van der Waals surface area contributed by atoms with E-state index in [9.17, 15) is 62.3 Å². The summed E-state index contributed by atoms with van der Waals surface area (Å²) in [5, 5.41) is 0. The summed E-state index contributed by atoms with van der Waals surface area (Å²) in [7, 11) is 0. The van der Waals surface area contributed by atoms with Gasteiger partial charge in [-0.25, -0.2) is 9.59 Å². The molecule has 3 atom stereocenters. The maximum Gasteiger partial charge on any atom is 0.510 e. The number of halogens is 12.